The predicted molar refractivity (Wildman–Crippen MR) is 184 cm³/mol. The molecule has 4 rings (SSSR count). The second-order valence-electron chi connectivity index (χ2n) is 14.0. The molecule has 45 heavy (non-hydrogen) atoms. The van der Waals surface area contributed by atoms with E-state index in [1.807, 2.05) is 36.4 Å². The third-order valence-corrected chi connectivity index (χ3v) is 10.2. The van der Waals surface area contributed by atoms with E-state index in [1.54, 1.807) is 0 Å². The first-order chi connectivity index (χ1) is 21.8. The highest BCUT2D eigenvalue weighted by atomic mass is 16.5. The smallest absolute Gasteiger partial charge is 0.343 e. The Bertz CT molecular complexity index is 1220. The van der Waals surface area contributed by atoms with E-state index < -0.39 is 11.1 Å². The molecule has 2 unspecified atom stereocenters. The van der Waals surface area contributed by atoms with Crippen LogP contribution in [-0.4, -0.2) is 28.7 Å². The molecule has 0 bridgehead atoms. The van der Waals surface area contributed by atoms with Gasteiger partial charge in [-0.25, -0.2) is 4.79 Å². The molecular weight excluding hydrogens is 558 g/mol. The van der Waals surface area contributed by atoms with Gasteiger partial charge in [0, 0.05) is 6.42 Å². The van der Waals surface area contributed by atoms with Crippen molar-refractivity contribution >= 4 is 5.97 Å². The molecule has 0 spiro atoms. The Labute approximate surface area is 273 Å². The molecule has 247 valence electrons. The summed E-state index contributed by atoms with van der Waals surface area (Å²) < 4.78 is 12.0. The van der Waals surface area contributed by atoms with Crippen molar-refractivity contribution in [2.45, 2.75) is 154 Å². The van der Waals surface area contributed by atoms with Gasteiger partial charge in [0.25, 0.3) is 0 Å². The second kappa shape index (κ2) is 17.3. The maximum Gasteiger partial charge on any atom is 0.343 e. The summed E-state index contributed by atoms with van der Waals surface area (Å²) in [6.07, 6.45) is 20.1. The number of nitrogens with zero attached hydrogens (tertiary/aromatic N) is 1. The summed E-state index contributed by atoms with van der Waals surface area (Å²) in [4.78, 5) is 13.3. The van der Waals surface area contributed by atoms with Crippen molar-refractivity contribution in [2.24, 2.45) is 0 Å². The number of benzene rings is 2. The Morgan fingerprint density at radius 3 is 1.93 bits per heavy atom. The van der Waals surface area contributed by atoms with Crippen LogP contribution in [0.4, 0.5) is 0 Å². The van der Waals surface area contributed by atoms with Crippen LogP contribution in [0.1, 0.15) is 154 Å². The van der Waals surface area contributed by atoms with Crippen LogP contribution in [-0.2, 0) is 9.94 Å². The van der Waals surface area contributed by atoms with Gasteiger partial charge in [0.2, 0.25) is 0 Å². The van der Waals surface area contributed by atoms with Gasteiger partial charge in [-0.3, -0.25) is 0 Å². The van der Waals surface area contributed by atoms with Crippen LogP contribution in [0.25, 0.3) is 11.1 Å². The lowest BCUT2D eigenvalue weighted by Crippen LogP contribution is -2.49. The van der Waals surface area contributed by atoms with Crippen molar-refractivity contribution in [3.8, 4) is 16.9 Å². The third-order valence-electron chi connectivity index (χ3n) is 10.2. The number of hydroxylamine groups is 2. The minimum absolute atomic E-state index is 0.343. The van der Waals surface area contributed by atoms with Gasteiger partial charge in [-0.1, -0.05) is 115 Å². The van der Waals surface area contributed by atoms with Crippen LogP contribution in [0.3, 0.4) is 0 Å². The highest BCUT2D eigenvalue weighted by Gasteiger charge is 2.56. The zero-order chi connectivity index (χ0) is 32.1. The molecule has 1 saturated heterocycles. The summed E-state index contributed by atoms with van der Waals surface area (Å²) in [5.41, 5.74) is 2.67. The molecule has 0 saturated carbocycles. The Hall–Kier alpha value is -2.63. The average molecular weight is 617 g/mol. The summed E-state index contributed by atoms with van der Waals surface area (Å²) in [7, 11) is 0. The van der Waals surface area contributed by atoms with Gasteiger partial charge < -0.3 is 9.47 Å². The quantitative estimate of drug-likeness (QED) is 0.116. The molecule has 2 aromatic rings. The van der Waals surface area contributed by atoms with E-state index in [0.29, 0.717) is 18.4 Å². The van der Waals surface area contributed by atoms with Crippen molar-refractivity contribution in [2.75, 3.05) is 6.61 Å². The van der Waals surface area contributed by atoms with Crippen LogP contribution >= 0.6 is 0 Å². The largest absolute Gasteiger partial charge is 0.494 e. The number of unbranched alkanes of at least 4 members (excludes halogenated alkanes) is 11. The highest BCUT2D eigenvalue weighted by Crippen LogP contribution is 2.52. The SMILES string of the molecule is CCCCCCCCCC1(C)CC2=C(OC(=O)c3ccc(-c4ccc(OCCCCCCCC)cc4)cc3)CCCC2(C)N1[O]. The number of hydrogen-bond donors (Lipinski definition) is 0. The van der Waals surface area contributed by atoms with Crippen LogP contribution in [0.2, 0.25) is 0 Å². The molecule has 5 heteroatoms. The molecule has 2 aliphatic rings. The standard InChI is InChI=1S/C40H58NO4/c1-5-7-9-11-13-14-16-28-39(3)31-36-37(19-18-29-40(36,4)41(39)43)45-38(42)34-22-20-32(21-23-34)33-24-26-35(27-25-33)44-30-17-15-12-10-8-6-2/h20-27H,5-19,28-31H2,1-4H3. The molecular formula is C40H58NO4. The lowest BCUT2D eigenvalue weighted by Gasteiger charge is -2.38. The summed E-state index contributed by atoms with van der Waals surface area (Å²) in [6, 6.07) is 15.8. The van der Waals surface area contributed by atoms with Crippen molar-refractivity contribution < 1.29 is 19.5 Å². The Morgan fingerprint density at radius 1 is 0.756 bits per heavy atom. The van der Waals surface area contributed by atoms with Crippen molar-refractivity contribution in [3.05, 3.63) is 65.4 Å². The molecule has 5 nitrogen and oxygen atoms in total. The highest BCUT2D eigenvalue weighted by molar-refractivity contribution is 5.90. The van der Waals surface area contributed by atoms with E-state index in [-0.39, 0.29) is 5.97 Å². The molecule has 1 aliphatic heterocycles. The number of hydrogen-bond acceptors (Lipinski definition) is 4. The normalized spacial score (nSPS) is 21.6. The van der Waals surface area contributed by atoms with Crippen LogP contribution in [0.15, 0.2) is 59.9 Å². The van der Waals surface area contributed by atoms with E-state index in [9.17, 15) is 10.0 Å². The van der Waals surface area contributed by atoms with Gasteiger partial charge in [0.1, 0.15) is 11.5 Å². The number of rotatable bonds is 19. The van der Waals surface area contributed by atoms with E-state index >= 15 is 0 Å². The van der Waals surface area contributed by atoms with Crippen LogP contribution in [0, 0.1) is 0 Å². The molecule has 1 fully saturated rings. The van der Waals surface area contributed by atoms with Gasteiger partial charge in [-0.2, -0.15) is 0 Å². The fraction of sp³-hybridized carbons (Fsp3) is 0.625. The number of carbonyl (C=O) groups is 1. The molecule has 0 N–H and O–H groups in total. The number of carbonyl (C=O) groups excluding carboxylic acids is 1. The zero-order valence-electron chi connectivity index (χ0n) is 28.6. The first kappa shape index (κ1) is 35.2. The van der Waals surface area contributed by atoms with Crippen LogP contribution in [0.5, 0.6) is 5.75 Å². The zero-order valence-corrected chi connectivity index (χ0v) is 28.6. The minimum atomic E-state index is -0.585. The Kier molecular flexibility index (Phi) is 13.6. The third kappa shape index (κ3) is 9.45. The summed E-state index contributed by atoms with van der Waals surface area (Å²) in [6.45, 7) is 9.41. The van der Waals surface area contributed by atoms with Gasteiger partial charge in [0.15, 0.2) is 0 Å². The lowest BCUT2D eigenvalue weighted by molar-refractivity contribution is -0.253. The summed E-state index contributed by atoms with van der Waals surface area (Å²) in [5, 5.41) is 15.1. The molecule has 2 aromatic carbocycles. The maximum absolute atomic E-state index is 13.7. The van der Waals surface area contributed by atoms with Gasteiger partial charge in [0.05, 0.1) is 23.2 Å². The van der Waals surface area contributed by atoms with Crippen molar-refractivity contribution in [3.63, 3.8) is 0 Å². The average Bonchev–Trinajstić information content (AvgIpc) is 3.26. The van der Waals surface area contributed by atoms with Gasteiger partial charge in [-0.05, 0) is 86.9 Å². The number of fused-ring (bicyclic) bond motifs is 1. The predicted octanol–water partition coefficient (Wildman–Crippen LogP) is 11.4. The van der Waals surface area contributed by atoms with Crippen molar-refractivity contribution in [1.29, 1.82) is 0 Å². The first-order valence-corrected chi connectivity index (χ1v) is 18.1. The van der Waals surface area contributed by atoms with Crippen molar-refractivity contribution in [1.82, 2.24) is 5.06 Å². The fourth-order valence-electron chi connectivity index (χ4n) is 7.31. The molecule has 1 aliphatic carbocycles. The Morgan fingerprint density at radius 2 is 1.31 bits per heavy atom. The second-order valence-corrected chi connectivity index (χ2v) is 14.0. The monoisotopic (exact) mass is 616 g/mol. The molecule has 1 radical (unpaired) electrons. The summed E-state index contributed by atoms with van der Waals surface area (Å²) >= 11 is 0. The van der Waals surface area contributed by atoms with Crippen LogP contribution < -0.4 is 4.74 Å². The summed E-state index contributed by atoms with van der Waals surface area (Å²) in [5.74, 6) is 1.27. The number of allylic oxidation sites excluding steroid dienone is 1. The maximum atomic E-state index is 13.7. The number of ether oxygens (including phenoxy) is 2. The Balaban J connectivity index is 1.31. The lowest BCUT2D eigenvalue weighted by atomic mass is 9.81. The molecule has 0 aromatic heterocycles. The molecule has 1 heterocycles. The first-order valence-electron chi connectivity index (χ1n) is 18.1. The van der Waals surface area contributed by atoms with Gasteiger partial charge >= 0.3 is 5.97 Å². The van der Waals surface area contributed by atoms with E-state index in [0.717, 1.165) is 66.9 Å². The van der Waals surface area contributed by atoms with Gasteiger partial charge in [-0.15, -0.1) is 10.3 Å². The number of esters is 1. The van der Waals surface area contributed by atoms with E-state index in [1.165, 1.54) is 75.7 Å². The van der Waals surface area contributed by atoms with E-state index in [4.69, 9.17) is 9.47 Å². The topological polar surface area (TPSA) is 58.7 Å². The minimum Gasteiger partial charge on any atom is -0.494 e. The molecule has 2 atom stereocenters. The fourth-order valence-corrected chi connectivity index (χ4v) is 7.31. The molecule has 0 amide bonds. The van der Waals surface area contributed by atoms with E-state index in [2.05, 4.69) is 39.8 Å².